The van der Waals surface area contributed by atoms with Crippen molar-refractivity contribution >= 4 is 11.7 Å². The number of nitrogens with zero attached hydrogens (tertiary/aromatic N) is 2. The van der Waals surface area contributed by atoms with Gasteiger partial charge in [0.05, 0.1) is 12.0 Å². The van der Waals surface area contributed by atoms with Gasteiger partial charge in [0, 0.05) is 0 Å². The van der Waals surface area contributed by atoms with E-state index >= 15 is 0 Å². The van der Waals surface area contributed by atoms with Crippen molar-refractivity contribution < 1.29 is 28.3 Å². The van der Waals surface area contributed by atoms with Crippen molar-refractivity contribution in [2.45, 2.75) is 6.43 Å². The zero-order chi connectivity index (χ0) is 13.2. The first-order valence-corrected chi connectivity index (χ1v) is 4.12. The maximum Gasteiger partial charge on any atom is 0.341 e. The lowest BCUT2D eigenvalue weighted by atomic mass is 10.1. The van der Waals surface area contributed by atoms with Crippen LogP contribution in [0, 0.1) is 10.1 Å². The van der Waals surface area contributed by atoms with Gasteiger partial charge in [-0.05, 0) is 0 Å². The highest BCUT2D eigenvalue weighted by molar-refractivity contribution is 5.93. The second-order valence-electron chi connectivity index (χ2n) is 2.80. The summed E-state index contributed by atoms with van der Waals surface area (Å²) < 4.78 is 29.5. The number of hydrogen-bond donors (Lipinski definition) is 1. The van der Waals surface area contributed by atoms with Crippen LogP contribution >= 0.6 is 0 Å². The van der Waals surface area contributed by atoms with Crippen molar-refractivity contribution in [3.63, 3.8) is 0 Å². The molecule has 1 aromatic rings. The number of nitro groups is 1. The largest absolute Gasteiger partial charge is 0.489 e. The lowest BCUT2D eigenvalue weighted by molar-refractivity contribution is -0.386. The Hall–Kier alpha value is -2.32. The molecule has 0 aliphatic heterocycles. The predicted octanol–water partition coefficient (Wildman–Crippen LogP) is 1.63. The van der Waals surface area contributed by atoms with E-state index in [1.807, 2.05) is 0 Å². The molecule has 0 spiro atoms. The molecule has 0 aliphatic rings. The Morgan fingerprint density at radius 3 is 2.59 bits per heavy atom. The van der Waals surface area contributed by atoms with E-state index in [0.29, 0.717) is 6.20 Å². The normalized spacial score (nSPS) is 10.4. The first-order valence-electron chi connectivity index (χ1n) is 4.12. The van der Waals surface area contributed by atoms with Crippen LogP contribution in [-0.2, 0) is 0 Å². The molecule has 7 nitrogen and oxygen atoms in total. The third-order valence-electron chi connectivity index (χ3n) is 1.86. The van der Waals surface area contributed by atoms with E-state index in [-0.39, 0.29) is 0 Å². The van der Waals surface area contributed by atoms with Crippen LogP contribution in [0.4, 0.5) is 14.5 Å². The Labute approximate surface area is 92.8 Å². The SMILES string of the molecule is COc1c([N+](=O)[O-])cnc(C(F)F)c1C(=O)O. The lowest BCUT2D eigenvalue weighted by Gasteiger charge is -2.09. The molecule has 0 radical (unpaired) electrons. The summed E-state index contributed by atoms with van der Waals surface area (Å²) >= 11 is 0. The van der Waals surface area contributed by atoms with Gasteiger partial charge < -0.3 is 9.84 Å². The molecule has 0 saturated carbocycles. The van der Waals surface area contributed by atoms with Gasteiger partial charge in [0.1, 0.15) is 17.5 Å². The van der Waals surface area contributed by atoms with Crippen LogP contribution < -0.4 is 4.74 Å². The summed E-state index contributed by atoms with van der Waals surface area (Å²) in [5, 5.41) is 19.3. The second-order valence-corrected chi connectivity index (χ2v) is 2.80. The highest BCUT2D eigenvalue weighted by atomic mass is 19.3. The first kappa shape index (κ1) is 12.7. The summed E-state index contributed by atoms with van der Waals surface area (Å²) in [6.45, 7) is 0. The van der Waals surface area contributed by atoms with Gasteiger partial charge in [-0.25, -0.2) is 18.6 Å². The van der Waals surface area contributed by atoms with E-state index in [2.05, 4.69) is 9.72 Å². The van der Waals surface area contributed by atoms with Crippen molar-refractivity contribution in [2.75, 3.05) is 7.11 Å². The molecule has 92 valence electrons. The van der Waals surface area contributed by atoms with Crippen LogP contribution in [0.15, 0.2) is 6.20 Å². The fraction of sp³-hybridized carbons (Fsp3) is 0.250. The summed E-state index contributed by atoms with van der Waals surface area (Å²) in [7, 11) is 0.948. The molecule has 17 heavy (non-hydrogen) atoms. The first-order chi connectivity index (χ1) is 7.90. The van der Waals surface area contributed by atoms with E-state index < -0.39 is 40.0 Å². The van der Waals surface area contributed by atoms with E-state index in [9.17, 15) is 23.7 Å². The molecule has 0 unspecified atom stereocenters. The van der Waals surface area contributed by atoms with Crippen LogP contribution in [0.3, 0.4) is 0 Å². The number of carboxylic acid groups (broad SMARTS) is 1. The molecule has 0 saturated heterocycles. The molecule has 0 atom stereocenters. The Morgan fingerprint density at radius 2 is 2.24 bits per heavy atom. The number of ether oxygens (including phenoxy) is 1. The van der Waals surface area contributed by atoms with Gasteiger partial charge in [0.2, 0.25) is 5.75 Å². The molecule has 0 amide bonds. The number of pyridine rings is 1. The van der Waals surface area contributed by atoms with Crippen LogP contribution in [0.1, 0.15) is 22.5 Å². The van der Waals surface area contributed by atoms with Gasteiger partial charge in [-0.15, -0.1) is 0 Å². The fourth-order valence-electron chi connectivity index (χ4n) is 1.21. The van der Waals surface area contributed by atoms with Crippen molar-refractivity contribution in [1.29, 1.82) is 0 Å². The molecule has 0 fully saturated rings. The summed E-state index contributed by atoms with van der Waals surface area (Å²) in [6, 6.07) is 0. The molecule has 0 aromatic carbocycles. The standard InChI is InChI=1S/C8H6F2N2O5/c1-17-6-3(12(15)16)2-11-5(7(9)10)4(6)8(13)14/h2,7H,1H3,(H,13,14). The zero-order valence-electron chi connectivity index (χ0n) is 8.39. The maximum absolute atomic E-state index is 12.5. The number of halogens is 2. The van der Waals surface area contributed by atoms with E-state index in [4.69, 9.17) is 5.11 Å². The van der Waals surface area contributed by atoms with Gasteiger partial charge in [-0.1, -0.05) is 0 Å². The minimum absolute atomic E-state index is 0.534. The molecule has 1 aromatic heterocycles. The molecular weight excluding hydrogens is 242 g/mol. The summed E-state index contributed by atoms with van der Waals surface area (Å²) in [6.07, 6.45) is -2.64. The van der Waals surface area contributed by atoms with Crippen molar-refractivity contribution in [1.82, 2.24) is 4.98 Å². The van der Waals surface area contributed by atoms with Crippen molar-refractivity contribution in [2.24, 2.45) is 0 Å². The van der Waals surface area contributed by atoms with E-state index in [1.165, 1.54) is 0 Å². The number of hydrogen-bond acceptors (Lipinski definition) is 5. The number of carbonyl (C=O) groups is 1. The molecule has 1 rings (SSSR count). The number of rotatable bonds is 4. The average molecular weight is 248 g/mol. The Balaban J connectivity index is 3.61. The topological polar surface area (TPSA) is 103 Å². The number of alkyl halides is 2. The van der Waals surface area contributed by atoms with Crippen LogP contribution in [0.25, 0.3) is 0 Å². The predicted molar refractivity (Wildman–Crippen MR) is 49.4 cm³/mol. The minimum atomic E-state index is -3.17. The summed E-state index contributed by atoms with van der Waals surface area (Å²) in [5.41, 5.74) is -2.86. The van der Waals surface area contributed by atoms with Gasteiger partial charge in [-0.3, -0.25) is 10.1 Å². The Morgan fingerprint density at radius 1 is 1.65 bits per heavy atom. The Bertz CT molecular complexity index is 477. The van der Waals surface area contributed by atoms with E-state index in [1.54, 1.807) is 0 Å². The molecule has 0 bridgehead atoms. The highest BCUT2D eigenvalue weighted by Crippen LogP contribution is 2.35. The molecule has 1 heterocycles. The quantitative estimate of drug-likeness (QED) is 0.641. The third kappa shape index (κ3) is 2.27. The Kier molecular flexibility index (Phi) is 3.51. The smallest absolute Gasteiger partial charge is 0.341 e. The van der Waals surface area contributed by atoms with Crippen LogP contribution in [0.5, 0.6) is 5.75 Å². The van der Waals surface area contributed by atoms with Crippen LogP contribution in [-0.4, -0.2) is 28.1 Å². The maximum atomic E-state index is 12.5. The summed E-state index contributed by atoms with van der Waals surface area (Å²) in [5.74, 6) is -2.51. The molecular formula is C8H6F2N2O5. The lowest BCUT2D eigenvalue weighted by Crippen LogP contribution is -2.10. The number of aromatic carboxylic acids is 1. The number of aromatic nitrogens is 1. The minimum Gasteiger partial charge on any atom is -0.489 e. The zero-order valence-corrected chi connectivity index (χ0v) is 8.39. The monoisotopic (exact) mass is 248 g/mol. The molecule has 9 heteroatoms. The summed E-state index contributed by atoms with van der Waals surface area (Å²) in [4.78, 5) is 23.5. The van der Waals surface area contributed by atoms with Crippen molar-refractivity contribution in [3.8, 4) is 5.75 Å². The second kappa shape index (κ2) is 4.68. The van der Waals surface area contributed by atoms with Gasteiger partial charge in [0.15, 0.2) is 0 Å². The molecule has 0 aliphatic carbocycles. The van der Waals surface area contributed by atoms with Crippen molar-refractivity contribution in [3.05, 3.63) is 27.6 Å². The highest BCUT2D eigenvalue weighted by Gasteiger charge is 2.30. The molecule has 1 N–H and O–H groups in total. The van der Waals surface area contributed by atoms with Crippen LogP contribution in [0.2, 0.25) is 0 Å². The average Bonchev–Trinajstić information content (AvgIpc) is 2.26. The number of methoxy groups -OCH3 is 1. The number of carboxylic acids is 1. The van der Waals surface area contributed by atoms with E-state index in [0.717, 1.165) is 7.11 Å². The third-order valence-corrected chi connectivity index (χ3v) is 1.86. The van der Waals surface area contributed by atoms with Gasteiger partial charge >= 0.3 is 11.7 Å². The van der Waals surface area contributed by atoms with Gasteiger partial charge in [-0.2, -0.15) is 0 Å². The van der Waals surface area contributed by atoms with Gasteiger partial charge in [0.25, 0.3) is 6.43 Å². The fourth-order valence-corrected chi connectivity index (χ4v) is 1.21.